The molecule has 0 spiro atoms. The molecule has 19 heavy (non-hydrogen) atoms. The summed E-state index contributed by atoms with van der Waals surface area (Å²) >= 11 is 5.37. The average molecular weight is 345 g/mol. The second kappa shape index (κ2) is 5.84. The molecule has 2 heterocycles. The molecule has 1 saturated heterocycles. The highest BCUT2D eigenvalue weighted by atomic mass is 79.9. The van der Waals surface area contributed by atoms with Gasteiger partial charge in [0.15, 0.2) is 0 Å². The largest absolute Gasteiger partial charge is 0.326 e. The summed E-state index contributed by atoms with van der Waals surface area (Å²) in [4.78, 5) is 3.97. The van der Waals surface area contributed by atoms with Crippen molar-refractivity contribution in [2.24, 2.45) is 17.1 Å². The van der Waals surface area contributed by atoms with Crippen LogP contribution in [0.3, 0.4) is 0 Å². The van der Waals surface area contributed by atoms with Gasteiger partial charge < -0.3 is 5.73 Å². The summed E-state index contributed by atoms with van der Waals surface area (Å²) in [6.45, 7) is 11.5. The summed E-state index contributed by atoms with van der Waals surface area (Å²) in [7, 11) is 0. The molecule has 1 aliphatic rings. The Kier molecular flexibility index (Phi) is 4.76. The quantitative estimate of drug-likeness (QED) is 0.887. The van der Waals surface area contributed by atoms with Crippen molar-refractivity contribution in [1.82, 2.24) is 4.90 Å². The number of nitrogens with zero attached hydrogens (tertiary/aromatic N) is 1. The molecule has 1 fully saturated rings. The highest BCUT2D eigenvalue weighted by molar-refractivity contribution is 9.10. The lowest BCUT2D eigenvalue weighted by Gasteiger charge is -2.32. The summed E-state index contributed by atoms with van der Waals surface area (Å²) in [5, 5.41) is 2.15. The first-order valence-corrected chi connectivity index (χ1v) is 8.70. The highest BCUT2D eigenvalue weighted by Crippen LogP contribution is 2.39. The molecule has 1 aliphatic heterocycles. The van der Waals surface area contributed by atoms with Gasteiger partial charge in [-0.3, -0.25) is 4.90 Å². The Morgan fingerprint density at radius 2 is 2.16 bits per heavy atom. The van der Waals surface area contributed by atoms with Crippen molar-refractivity contribution in [3.8, 4) is 0 Å². The van der Waals surface area contributed by atoms with Crippen LogP contribution in [0, 0.1) is 11.3 Å². The summed E-state index contributed by atoms with van der Waals surface area (Å²) < 4.78 is 1.17. The summed E-state index contributed by atoms with van der Waals surface area (Å²) in [6, 6.07) is 2.76. The van der Waals surface area contributed by atoms with Crippen molar-refractivity contribution in [2.45, 2.75) is 46.2 Å². The number of likely N-dealkylation sites (tertiary alicyclic amines) is 1. The molecule has 1 aromatic rings. The molecular weight excluding hydrogens is 320 g/mol. The number of halogens is 1. The number of thiophene rings is 1. The SMILES string of the molecule is CC(N)C(c1cc(Br)cs1)N1CCC(C(C)(C)C)C1. The van der Waals surface area contributed by atoms with Gasteiger partial charge in [-0.1, -0.05) is 20.8 Å². The Balaban J connectivity index is 2.14. The van der Waals surface area contributed by atoms with Gasteiger partial charge in [0.05, 0.1) is 6.04 Å². The lowest BCUT2D eigenvalue weighted by Crippen LogP contribution is -2.38. The van der Waals surface area contributed by atoms with E-state index in [-0.39, 0.29) is 6.04 Å². The topological polar surface area (TPSA) is 29.3 Å². The van der Waals surface area contributed by atoms with Gasteiger partial charge in [-0.05, 0) is 53.2 Å². The van der Waals surface area contributed by atoms with E-state index in [1.807, 2.05) is 11.3 Å². The van der Waals surface area contributed by atoms with Crippen LogP contribution in [0.25, 0.3) is 0 Å². The van der Waals surface area contributed by atoms with Crippen molar-refractivity contribution >= 4 is 27.3 Å². The molecule has 3 unspecified atom stereocenters. The molecule has 2 N–H and O–H groups in total. The van der Waals surface area contributed by atoms with Crippen molar-refractivity contribution in [2.75, 3.05) is 13.1 Å². The van der Waals surface area contributed by atoms with Crippen molar-refractivity contribution in [3.05, 3.63) is 20.8 Å². The molecule has 108 valence electrons. The van der Waals surface area contributed by atoms with Crippen LogP contribution in [0.1, 0.15) is 45.0 Å². The van der Waals surface area contributed by atoms with E-state index in [2.05, 4.69) is 60.0 Å². The minimum Gasteiger partial charge on any atom is -0.326 e. The Morgan fingerprint density at radius 3 is 2.58 bits per heavy atom. The van der Waals surface area contributed by atoms with Gasteiger partial charge in [0.2, 0.25) is 0 Å². The predicted octanol–water partition coefficient (Wildman–Crippen LogP) is 4.27. The maximum absolute atomic E-state index is 6.26. The third-order valence-electron chi connectivity index (χ3n) is 4.22. The molecule has 4 heteroatoms. The fraction of sp³-hybridized carbons (Fsp3) is 0.733. The molecule has 0 aliphatic carbocycles. The Morgan fingerprint density at radius 1 is 1.47 bits per heavy atom. The molecule has 0 amide bonds. The monoisotopic (exact) mass is 344 g/mol. The molecule has 0 aromatic carbocycles. The third-order valence-corrected chi connectivity index (χ3v) is 5.98. The Labute approximate surface area is 129 Å². The Bertz CT molecular complexity index is 422. The van der Waals surface area contributed by atoms with E-state index < -0.39 is 0 Å². The standard InChI is InChI=1S/C15H25BrN2S/c1-10(17)14(13-7-12(16)9-19-13)18-6-5-11(8-18)15(2,3)4/h7,9-11,14H,5-6,8,17H2,1-4H3. The summed E-state index contributed by atoms with van der Waals surface area (Å²) in [5.74, 6) is 0.775. The van der Waals surface area contributed by atoms with E-state index in [1.165, 1.54) is 28.9 Å². The van der Waals surface area contributed by atoms with E-state index in [4.69, 9.17) is 5.73 Å². The van der Waals surface area contributed by atoms with E-state index in [0.717, 1.165) is 5.92 Å². The van der Waals surface area contributed by atoms with Gasteiger partial charge in [0.25, 0.3) is 0 Å². The molecule has 3 atom stereocenters. The van der Waals surface area contributed by atoms with Gasteiger partial charge in [0.1, 0.15) is 0 Å². The van der Waals surface area contributed by atoms with Crippen molar-refractivity contribution in [1.29, 1.82) is 0 Å². The minimum atomic E-state index is 0.171. The fourth-order valence-electron chi connectivity index (χ4n) is 3.00. The fourth-order valence-corrected chi connectivity index (χ4v) is 4.70. The van der Waals surface area contributed by atoms with Crippen LogP contribution >= 0.6 is 27.3 Å². The zero-order valence-electron chi connectivity index (χ0n) is 12.3. The van der Waals surface area contributed by atoms with E-state index in [1.54, 1.807) is 0 Å². The molecule has 2 rings (SSSR count). The van der Waals surface area contributed by atoms with E-state index >= 15 is 0 Å². The van der Waals surface area contributed by atoms with E-state index in [9.17, 15) is 0 Å². The number of nitrogens with two attached hydrogens (primary N) is 1. The van der Waals surface area contributed by atoms with Crippen LogP contribution in [-0.4, -0.2) is 24.0 Å². The van der Waals surface area contributed by atoms with Crippen LogP contribution in [0.2, 0.25) is 0 Å². The molecular formula is C15H25BrN2S. The number of hydrogen-bond donors (Lipinski definition) is 1. The molecule has 0 bridgehead atoms. The zero-order chi connectivity index (χ0) is 14.2. The van der Waals surface area contributed by atoms with Gasteiger partial charge in [-0.25, -0.2) is 0 Å². The van der Waals surface area contributed by atoms with E-state index in [0.29, 0.717) is 11.5 Å². The molecule has 1 aromatic heterocycles. The lowest BCUT2D eigenvalue weighted by molar-refractivity contribution is 0.182. The number of hydrogen-bond acceptors (Lipinski definition) is 3. The molecule has 0 radical (unpaired) electrons. The van der Waals surface area contributed by atoms with Crippen LogP contribution in [-0.2, 0) is 0 Å². The maximum atomic E-state index is 6.26. The maximum Gasteiger partial charge on any atom is 0.0591 e. The second-order valence-electron chi connectivity index (χ2n) is 6.82. The van der Waals surface area contributed by atoms with Crippen LogP contribution in [0.5, 0.6) is 0 Å². The van der Waals surface area contributed by atoms with Gasteiger partial charge >= 0.3 is 0 Å². The summed E-state index contributed by atoms with van der Waals surface area (Å²) in [6.07, 6.45) is 1.29. The highest BCUT2D eigenvalue weighted by Gasteiger charge is 2.36. The molecule has 0 saturated carbocycles. The normalized spacial score (nSPS) is 24.6. The second-order valence-corrected chi connectivity index (χ2v) is 8.68. The smallest absolute Gasteiger partial charge is 0.0591 e. The summed E-state index contributed by atoms with van der Waals surface area (Å²) in [5.41, 5.74) is 6.66. The van der Waals surface area contributed by atoms with Crippen molar-refractivity contribution < 1.29 is 0 Å². The average Bonchev–Trinajstić information content (AvgIpc) is 2.87. The van der Waals surface area contributed by atoms with Gasteiger partial charge in [0, 0.05) is 27.3 Å². The third kappa shape index (κ3) is 3.60. The predicted molar refractivity (Wildman–Crippen MR) is 87.5 cm³/mol. The van der Waals surface area contributed by atoms with Gasteiger partial charge in [-0.15, -0.1) is 11.3 Å². The minimum absolute atomic E-state index is 0.171. The lowest BCUT2D eigenvalue weighted by atomic mass is 9.80. The van der Waals surface area contributed by atoms with Crippen LogP contribution < -0.4 is 5.73 Å². The molecule has 2 nitrogen and oxygen atoms in total. The zero-order valence-corrected chi connectivity index (χ0v) is 14.7. The van der Waals surface area contributed by atoms with Crippen LogP contribution in [0.4, 0.5) is 0 Å². The van der Waals surface area contributed by atoms with Crippen molar-refractivity contribution in [3.63, 3.8) is 0 Å². The van der Waals surface area contributed by atoms with Gasteiger partial charge in [-0.2, -0.15) is 0 Å². The Hall–Kier alpha value is 0.1000. The first kappa shape index (κ1) is 15.5. The number of rotatable bonds is 3. The first-order chi connectivity index (χ1) is 8.79. The first-order valence-electron chi connectivity index (χ1n) is 7.02. The van der Waals surface area contributed by atoms with Crippen LogP contribution in [0.15, 0.2) is 15.9 Å².